The highest BCUT2D eigenvalue weighted by Crippen LogP contribution is 2.45. The third-order valence-electron chi connectivity index (χ3n) is 6.87. The summed E-state index contributed by atoms with van der Waals surface area (Å²) in [4.78, 5) is 26.5. The van der Waals surface area contributed by atoms with Gasteiger partial charge in [-0.3, -0.25) is 9.59 Å². The number of fused-ring (bicyclic) bond motifs is 3. The van der Waals surface area contributed by atoms with Gasteiger partial charge in [0, 0.05) is 29.2 Å². The molecule has 1 heterocycles. The Hall–Kier alpha value is -3.97. The van der Waals surface area contributed by atoms with Gasteiger partial charge in [-0.15, -0.1) is 11.6 Å². The topological polar surface area (TPSA) is 82.0 Å². The van der Waals surface area contributed by atoms with Gasteiger partial charge in [-0.1, -0.05) is 12.1 Å². The summed E-state index contributed by atoms with van der Waals surface area (Å²) < 4.78 is 69.2. The predicted octanol–water partition coefficient (Wildman–Crippen LogP) is 6.63. The fraction of sp³-hybridized carbons (Fsp3) is 0.250. The van der Waals surface area contributed by atoms with Crippen molar-refractivity contribution in [1.29, 1.82) is 5.26 Å². The van der Waals surface area contributed by atoms with E-state index in [2.05, 4.69) is 10.6 Å². The zero-order valence-corrected chi connectivity index (χ0v) is 20.9. The average molecular weight is 560 g/mol. The van der Waals surface area contributed by atoms with Gasteiger partial charge >= 0.3 is 6.18 Å². The summed E-state index contributed by atoms with van der Waals surface area (Å²) in [6.07, 6.45) is -0.618. The van der Waals surface area contributed by atoms with Crippen molar-refractivity contribution < 1.29 is 31.5 Å². The number of allylic oxidation sites excluding steroid dienone is 6. The Bertz CT molecular complexity index is 1600. The second-order valence-electron chi connectivity index (χ2n) is 9.82. The summed E-state index contributed by atoms with van der Waals surface area (Å²) in [7, 11) is 0. The molecule has 0 saturated carbocycles. The molecule has 0 aromatic heterocycles. The molecular weight excluding hydrogens is 541 g/mol. The third kappa shape index (κ3) is 4.94. The fourth-order valence-electron chi connectivity index (χ4n) is 5.19. The minimum atomic E-state index is -4.87. The van der Waals surface area contributed by atoms with Crippen LogP contribution in [0.2, 0.25) is 0 Å². The fourth-order valence-corrected chi connectivity index (χ4v) is 5.48. The number of nitrogens with zero attached hydrogens (tertiary/aromatic N) is 1. The van der Waals surface area contributed by atoms with Gasteiger partial charge in [0.25, 0.3) is 11.8 Å². The number of anilines is 1. The Morgan fingerprint density at radius 1 is 1.28 bits per heavy atom. The maximum Gasteiger partial charge on any atom is 0.416 e. The van der Waals surface area contributed by atoms with E-state index in [9.17, 15) is 36.8 Å². The number of nitriles is 1. The lowest BCUT2D eigenvalue weighted by atomic mass is 9.85. The molecule has 39 heavy (non-hydrogen) atoms. The molecule has 4 unspecified atom stereocenters. The highest BCUT2D eigenvalue weighted by atomic mass is 35.5. The van der Waals surface area contributed by atoms with Crippen molar-refractivity contribution in [3.8, 4) is 6.07 Å². The van der Waals surface area contributed by atoms with E-state index < -0.39 is 64.4 Å². The van der Waals surface area contributed by atoms with Crippen LogP contribution in [0.5, 0.6) is 0 Å². The number of carbonyl (C=O) groups is 2. The monoisotopic (exact) mass is 559 g/mol. The van der Waals surface area contributed by atoms with E-state index in [-0.39, 0.29) is 22.4 Å². The molecule has 5 rings (SSSR count). The molecule has 4 atom stereocenters. The van der Waals surface area contributed by atoms with E-state index in [1.54, 1.807) is 6.07 Å². The first-order chi connectivity index (χ1) is 18.3. The minimum absolute atomic E-state index is 0.0624. The largest absolute Gasteiger partial charge is 0.416 e. The number of amides is 2. The zero-order valence-electron chi connectivity index (χ0n) is 20.2. The lowest BCUT2D eigenvalue weighted by Gasteiger charge is -2.28. The molecule has 2 aliphatic carbocycles. The van der Waals surface area contributed by atoms with Gasteiger partial charge in [-0.05, 0) is 60.2 Å². The standard InChI is InChI=1S/C28H19ClF5N3O2/c1-27(31)10-15(7-16(11-27)28(32,33)34)25(38)36-21-8-14-3-2-13(12-35)6-18(14)22-23(21)24(37-26(22)39)19-9-17(30)4-5-20(19)29/h2-9,11,19-20,24H,10H2,1H3,(H,36,38)(H,37,39). The SMILES string of the molecule is CC1(F)C=C(C(F)(F)F)C=C(C(=O)Nc2cc3ccc(C#N)cc3c3c2C(C2C=C(F)C=CC2Cl)NC3=O)C1. The average Bonchev–Trinajstić information content (AvgIpc) is 3.21. The molecule has 2 aromatic rings. The molecule has 2 amide bonds. The van der Waals surface area contributed by atoms with Crippen LogP contribution in [0.1, 0.15) is 40.9 Å². The van der Waals surface area contributed by atoms with Gasteiger partial charge in [0.2, 0.25) is 0 Å². The van der Waals surface area contributed by atoms with Crippen LogP contribution < -0.4 is 10.6 Å². The van der Waals surface area contributed by atoms with Gasteiger partial charge in [-0.25, -0.2) is 8.78 Å². The van der Waals surface area contributed by atoms with E-state index in [4.69, 9.17) is 11.6 Å². The van der Waals surface area contributed by atoms with Crippen molar-refractivity contribution >= 4 is 39.9 Å². The highest BCUT2D eigenvalue weighted by molar-refractivity contribution is 6.22. The first-order valence-electron chi connectivity index (χ1n) is 11.8. The molecule has 1 aliphatic heterocycles. The summed E-state index contributed by atoms with van der Waals surface area (Å²) in [5.74, 6) is -2.92. The van der Waals surface area contributed by atoms with Crippen molar-refractivity contribution in [3.63, 3.8) is 0 Å². The van der Waals surface area contributed by atoms with Gasteiger partial charge < -0.3 is 10.6 Å². The van der Waals surface area contributed by atoms with E-state index in [0.717, 1.165) is 6.92 Å². The number of benzene rings is 2. The third-order valence-corrected chi connectivity index (χ3v) is 7.31. The molecule has 5 nitrogen and oxygen atoms in total. The van der Waals surface area contributed by atoms with Crippen molar-refractivity contribution in [3.05, 3.63) is 88.3 Å². The number of nitrogens with one attached hydrogen (secondary N) is 2. The predicted molar refractivity (Wildman–Crippen MR) is 135 cm³/mol. The second-order valence-corrected chi connectivity index (χ2v) is 10.3. The van der Waals surface area contributed by atoms with Crippen molar-refractivity contribution in [2.45, 2.75) is 36.6 Å². The number of alkyl halides is 5. The van der Waals surface area contributed by atoms with Gasteiger partial charge in [-0.2, -0.15) is 18.4 Å². The first-order valence-corrected chi connectivity index (χ1v) is 12.2. The molecule has 0 bridgehead atoms. The summed E-state index contributed by atoms with van der Waals surface area (Å²) >= 11 is 6.43. The normalized spacial score (nSPS) is 26.3. The summed E-state index contributed by atoms with van der Waals surface area (Å²) in [5.41, 5.74) is -3.48. The highest BCUT2D eigenvalue weighted by Gasteiger charge is 2.42. The lowest BCUT2D eigenvalue weighted by molar-refractivity contribution is -0.113. The van der Waals surface area contributed by atoms with Crippen molar-refractivity contribution in [1.82, 2.24) is 5.32 Å². The van der Waals surface area contributed by atoms with Crippen LogP contribution in [-0.4, -0.2) is 29.0 Å². The van der Waals surface area contributed by atoms with Crippen LogP contribution in [0.3, 0.4) is 0 Å². The number of rotatable bonds is 3. The maximum absolute atomic E-state index is 14.8. The molecule has 2 N–H and O–H groups in total. The Morgan fingerprint density at radius 3 is 2.72 bits per heavy atom. The van der Waals surface area contributed by atoms with Crippen LogP contribution in [0.25, 0.3) is 10.8 Å². The molecule has 0 spiro atoms. The lowest BCUT2D eigenvalue weighted by Crippen LogP contribution is -2.31. The molecular formula is C28H19ClF5N3O2. The van der Waals surface area contributed by atoms with Crippen LogP contribution in [0, 0.1) is 17.2 Å². The van der Waals surface area contributed by atoms with E-state index >= 15 is 0 Å². The van der Waals surface area contributed by atoms with Gasteiger partial charge in [0.15, 0.2) is 0 Å². The Balaban J connectivity index is 1.64. The van der Waals surface area contributed by atoms with E-state index in [1.807, 2.05) is 6.07 Å². The van der Waals surface area contributed by atoms with Crippen LogP contribution in [0.4, 0.5) is 27.6 Å². The molecule has 11 heteroatoms. The number of hydrogen-bond acceptors (Lipinski definition) is 3. The van der Waals surface area contributed by atoms with Crippen LogP contribution in [0.15, 0.2) is 71.6 Å². The summed E-state index contributed by atoms with van der Waals surface area (Å²) in [6.45, 7) is 0.941. The van der Waals surface area contributed by atoms with Crippen molar-refractivity contribution in [2.24, 2.45) is 5.92 Å². The Morgan fingerprint density at radius 2 is 2.03 bits per heavy atom. The van der Waals surface area contributed by atoms with E-state index in [0.29, 0.717) is 22.9 Å². The van der Waals surface area contributed by atoms with Crippen LogP contribution >= 0.6 is 11.6 Å². The summed E-state index contributed by atoms with van der Waals surface area (Å²) in [5, 5.41) is 14.8. The van der Waals surface area contributed by atoms with Crippen molar-refractivity contribution in [2.75, 3.05) is 5.32 Å². The van der Waals surface area contributed by atoms with Gasteiger partial charge in [0.1, 0.15) is 11.5 Å². The Labute approximate surface area is 224 Å². The number of hydrogen-bond donors (Lipinski definition) is 2. The molecule has 0 radical (unpaired) electrons. The van der Waals surface area contributed by atoms with Crippen LogP contribution in [-0.2, 0) is 4.79 Å². The zero-order chi connectivity index (χ0) is 28.3. The minimum Gasteiger partial charge on any atom is -0.344 e. The number of halogens is 6. The molecule has 2 aromatic carbocycles. The Kier molecular flexibility index (Phi) is 6.38. The maximum atomic E-state index is 14.8. The molecule has 3 aliphatic rings. The number of carbonyl (C=O) groups excluding carboxylic acids is 2. The van der Waals surface area contributed by atoms with Gasteiger partial charge in [0.05, 0.1) is 34.2 Å². The molecule has 200 valence electrons. The quantitative estimate of drug-likeness (QED) is 0.327. The first kappa shape index (κ1) is 26.6. The van der Waals surface area contributed by atoms with E-state index in [1.165, 1.54) is 36.4 Å². The molecule has 0 saturated heterocycles. The molecule has 0 fully saturated rings. The smallest absolute Gasteiger partial charge is 0.344 e. The second kappa shape index (κ2) is 9.35. The summed E-state index contributed by atoms with van der Waals surface area (Å²) in [6, 6.07) is 7.13.